The van der Waals surface area contributed by atoms with Crippen LogP contribution in [0.3, 0.4) is 0 Å². The lowest BCUT2D eigenvalue weighted by Gasteiger charge is -2.07. The smallest absolute Gasteiger partial charge is 0.258 e. The third-order valence-corrected chi connectivity index (χ3v) is 2.89. The molecule has 0 unspecified atom stereocenters. The van der Waals surface area contributed by atoms with Crippen molar-refractivity contribution in [3.8, 4) is 5.95 Å². The second kappa shape index (κ2) is 5.87. The van der Waals surface area contributed by atoms with Crippen molar-refractivity contribution in [2.75, 3.05) is 5.32 Å². The summed E-state index contributed by atoms with van der Waals surface area (Å²) in [4.78, 5) is 19.8. The van der Waals surface area contributed by atoms with Gasteiger partial charge in [0.1, 0.15) is 0 Å². The van der Waals surface area contributed by atoms with E-state index in [-0.39, 0.29) is 11.6 Å². The Morgan fingerprint density at radius 3 is 2.48 bits per heavy atom. The highest BCUT2D eigenvalue weighted by Crippen LogP contribution is 2.16. The van der Waals surface area contributed by atoms with Gasteiger partial charge in [0.05, 0.1) is 23.6 Å². The summed E-state index contributed by atoms with van der Waals surface area (Å²) < 4.78 is 40.9. The zero-order valence-electron chi connectivity index (χ0n) is 11.4. The van der Waals surface area contributed by atoms with Crippen molar-refractivity contribution in [3.05, 3.63) is 66.0 Å². The van der Waals surface area contributed by atoms with Crippen molar-refractivity contribution in [1.82, 2.24) is 19.7 Å². The van der Waals surface area contributed by atoms with Crippen molar-refractivity contribution in [2.45, 2.75) is 0 Å². The van der Waals surface area contributed by atoms with E-state index in [4.69, 9.17) is 0 Å². The molecule has 2 heterocycles. The molecule has 9 heteroatoms. The first-order valence-corrected chi connectivity index (χ1v) is 6.33. The van der Waals surface area contributed by atoms with Crippen LogP contribution in [0.15, 0.2) is 43.0 Å². The molecule has 1 amide bonds. The number of carbonyl (C=O) groups excluding carboxylic acids is 1. The number of rotatable bonds is 3. The summed E-state index contributed by atoms with van der Waals surface area (Å²) in [6.07, 6.45) is 5.73. The Morgan fingerprint density at radius 1 is 1.09 bits per heavy atom. The lowest BCUT2D eigenvalue weighted by atomic mass is 10.2. The van der Waals surface area contributed by atoms with Crippen LogP contribution in [0.2, 0.25) is 0 Å². The molecule has 1 N–H and O–H groups in total. The molecule has 0 spiro atoms. The first kappa shape index (κ1) is 14.7. The van der Waals surface area contributed by atoms with Crippen molar-refractivity contribution in [1.29, 1.82) is 0 Å². The average Bonchev–Trinajstić information content (AvgIpc) is 3.08. The monoisotopic (exact) mass is 319 g/mol. The number of carbonyl (C=O) groups is 1. The number of nitrogens with zero attached hydrogens (tertiary/aromatic N) is 4. The maximum Gasteiger partial charge on any atom is 0.258 e. The van der Waals surface area contributed by atoms with E-state index >= 15 is 0 Å². The van der Waals surface area contributed by atoms with E-state index in [1.165, 1.54) is 17.1 Å². The highest BCUT2D eigenvalue weighted by molar-refractivity contribution is 6.04. The first-order valence-electron chi connectivity index (χ1n) is 6.33. The first-order chi connectivity index (χ1) is 11.1. The van der Waals surface area contributed by atoms with Crippen LogP contribution < -0.4 is 5.32 Å². The quantitative estimate of drug-likeness (QED) is 0.752. The predicted octanol–water partition coefficient (Wildman–Crippen LogP) is 2.33. The number of halogens is 3. The molecule has 0 radical (unpaired) electrons. The maximum absolute atomic E-state index is 13.5. The zero-order valence-corrected chi connectivity index (χ0v) is 11.4. The van der Waals surface area contributed by atoms with Gasteiger partial charge < -0.3 is 5.32 Å². The van der Waals surface area contributed by atoms with Crippen molar-refractivity contribution in [2.24, 2.45) is 0 Å². The number of nitrogens with one attached hydrogen (secondary N) is 1. The fourth-order valence-corrected chi connectivity index (χ4v) is 1.79. The van der Waals surface area contributed by atoms with Gasteiger partial charge in [0.15, 0.2) is 17.5 Å². The van der Waals surface area contributed by atoms with Gasteiger partial charge in [0, 0.05) is 12.4 Å². The van der Waals surface area contributed by atoms with E-state index in [0.29, 0.717) is 6.07 Å². The van der Waals surface area contributed by atoms with E-state index in [1.54, 1.807) is 18.5 Å². The van der Waals surface area contributed by atoms with Gasteiger partial charge in [0.25, 0.3) is 11.9 Å². The molecule has 0 aliphatic carbocycles. The van der Waals surface area contributed by atoms with Gasteiger partial charge in [-0.25, -0.2) is 27.8 Å². The van der Waals surface area contributed by atoms with Crippen LogP contribution in [-0.4, -0.2) is 25.7 Å². The highest BCUT2D eigenvalue weighted by atomic mass is 19.2. The molecule has 0 atom stereocenters. The average molecular weight is 319 g/mol. The van der Waals surface area contributed by atoms with E-state index in [0.717, 1.165) is 6.07 Å². The highest BCUT2D eigenvalue weighted by Gasteiger charge is 2.19. The minimum absolute atomic E-state index is 0.162. The van der Waals surface area contributed by atoms with Crippen LogP contribution in [0.1, 0.15) is 10.4 Å². The Kier molecular flexibility index (Phi) is 3.75. The molecule has 3 aromatic rings. The SMILES string of the molecule is O=C(Nc1cnc(-n2cccn2)nc1)c1ccc(F)c(F)c1F. The molecule has 0 fully saturated rings. The Labute approximate surface area is 127 Å². The minimum atomic E-state index is -1.71. The van der Waals surface area contributed by atoms with Gasteiger partial charge in [-0.15, -0.1) is 0 Å². The van der Waals surface area contributed by atoms with Crippen molar-refractivity contribution >= 4 is 11.6 Å². The van der Waals surface area contributed by atoms with Crippen LogP contribution in [0.4, 0.5) is 18.9 Å². The topological polar surface area (TPSA) is 72.7 Å². The van der Waals surface area contributed by atoms with Crippen molar-refractivity contribution in [3.63, 3.8) is 0 Å². The van der Waals surface area contributed by atoms with Gasteiger partial charge in [-0.2, -0.15) is 5.10 Å². The van der Waals surface area contributed by atoms with Crippen molar-refractivity contribution < 1.29 is 18.0 Å². The van der Waals surface area contributed by atoms with Gasteiger partial charge in [0.2, 0.25) is 0 Å². The number of aromatic nitrogens is 4. The third-order valence-electron chi connectivity index (χ3n) is 2.89. The zero-order chi connectivity index (χ0) is 16.4. The van der Waals surface area contributed by atoms with E-state index in [9.17, 15) is 18.0 Å². The summed E-state index contributed by atoms with van der Waals surface area (Å²) >= 11 is 0. The molecule has 0 aliphatic heterocycles. The Hall–Kier alpha value is -3.23. The maximum atomic E-state index is 13.5. The second-order valence-electron chi connectivity index (χ2n) is 4.40. The number of hydrogen-bond donors (Lipinski definition) is 1. The molecule has 0 bridgehead atoms. The molecule has 116 valence electrons. The fraction of sp³-hybridized carbons (Fsp3) is 0. The molecular weight excluding hydrogens is 311 g/mol. The molecule has 23 heavy (non-hydrogen) atoms. The van der Waals surface area contributed by atoms with E-state index in [2.05, 4.69) is 20.4 Å². The number of benzene rings is 1. The molecule has 6 nitrogen and oxygen atoms in total. The third kappa shape index (κ3) is 2.89. The molecule has 2 aromatic heterocycles. The Bertz CT molecular complexity index is 850. The summed E-state index contributed by atoms with van der Waals surface area (Å²) in [5.74, 6) is -5.31. The van der Waals surface area contributed by atoms with E-state index < -0.39 is 28.9 Å². The Morgan fingerprint density at radius 2 is 1.83 bits per heavy atom. The molecule has 0 saturated carbocycles. The molecule has 3 rings (SSSR count). The van der Waals surface area contributed by atoms with Crippen LogP contribution in [-0.2, 0) is 0 Å². The molecule has 0 saturated heterocycles. The summed E-state index contributed by atoms with van der Waals surface area (Å²) in [6, 6.07) is 3.21. The lowest BCUT2D eigenvalue weighted by molar-refractivity contribution is 0.102. The molecule has 0 aliphatic rings. The van der Waals surface area contributed by atoms with Crippen LogP contribution >= 0.6 is 0 Å². The predicted molar refractivity (Wildman–Crippen MR) is 73.4 cm³/mol. The number of amides is 1. The lowest BCUT2D eigenvalue weighted by Crippen LogP contribution is -2.16. The summed E-state index contributed by atoms with van der Waals surface area (Å²) in [6.45, 7) is 0. The van der Waals surface area contributed by atoms with Crippen LogP contribution in [0, 0.1) is 17.5 Å². The summed E-state index contributed by atoms with van der Waals surface area (Å²) in [5.41, 5.74) is -0.463. The minimum Gasteiger partial charge on any atom is -0.319 e. The van der Waals surface area contributed by atoms with Gasteiger partial charge in [-0.3, -0.25) is 4.79 Å². The van der Waals surface area contributed by atoms with Crippen LogP contribution in [0.5, 0.6) is 0 Å². The molecular formula is C14H8F3N5O. The summed E-state index contributed by atoms with van der Waals surface area (Å²) in [5, 5.41) is 6.23. The second-order valence-corrected chi connectivity index (χ2v) is 4.40. The molecule has 1 aromatic carbocycles. The fourth-order valence-electron chi connectivity index (χ4n) is 1.79. The largest absolute Gasteiger partial charge is 0.319 e. The van der Waals surface area contributed by atoms with Gasteiger partial charge in [-0.05, 0) is 18.2 Å². The number of hydrogen-bond acceptors (Lipinski definition) is 4. The number of anilines is 1. The Balaban J connectivity index is 1.79. The van der Waals surface area contributed by atoms with Gasteiger partial charge >= 0.3 is 0 Å². The standard InChI is InChI=1S/C14H8F3N5O/c15-10-3-2-9(11(16)12(10)17)13(23)21-8-6-18-14(19-7-8)22-5-1-4-20-22/h1-7H,(H,21,23). The van der Waals surface area contributed by atoms with E-state index in [1.807, 2.05) is 0 Å². The van der Waals surface area contributed by atoms with Gasteiger partial charge in [-0.1, -0.05) is 0 Å². The summed E-state index contributed by atoms with van der Waals surface area (Å²) in [7, 11) is 0. The van der Waals surface area contributed by atoms with Crippen LogP contribution in [0.25, 0.3) is 5.95 Å². The normalized spacial score (nSPS) is 10.6.